The van der Waals surface area contributed by atoms with Crippen molar-refractivity contribution in [3.63, 3.8) is 0 Å². The normalized spacial score (nSPS) is 10.3. The van der Waals surface area contributed by atoms with E-state index in [1.54, 1.807) is 25.1 Å². The van der Waals surface area contributed by atoms with E-state index in [9.17, 15) is 9.18 Å². The average Bonchev–Trinajstić information content (AvgIpc) is 2.33. The fourth-order valence-electron chi connectivity index (χ4n) is 1.76. The molecule has 0 bridgehead atoms. The minimum absolute atomic E-state index is 0.00252. The maximum atomic E-state index is 13.4. The molecule has 0 saturated heterocycles. The van der Waals surface area contributed by atoms with Gasteiger partial charge in [-0.25, -0.2) is 4.39 Å². The number of hydrogen-bond donors (Lipinski definition) is 1. The Labute approximate surface area is 105 Å². The van der Waals surface area contributed by atoms with Gasteiger partial charge in [0.1, 0.15) is 5.82 Å². The van der Waals surface area contributed by atoms with Gasteiger partial charge in [-0.3, -0.25) is 4.79 Å². The molecule has 2 aromatic rings. The highest BCUT2D eigenvalue weighted by atomic mass is 19.1. The van der Waals surface area contributed by atoms with Gasteiger partial charge in [0, 0.05) is 0 Å². The number of rotatable bonds is 3. The minimum atomic E-state index is -0.857. The Balaban J connectivity index is 2.28. The van der Waals surface area contributed by atoms with Crippen LogP contribution in [0.15, 0.2) is 42.5 Å². The minimum Gasteiger partial charge on any atom is -0.481 e. The second kappa shape index (κ2) is 5.00. The number of carbonyl (C=O) groups is 1. The van der Waals surface area contributed by atoms with Crippen molar-refractivity contribution in [1.82, 2.24) is 0 Å². The molecule has 0 atom stereocenters. The number of hydrogen-bond acceptors (Lipinski definition) is 1. The van der Waals surface area contributed by atoms with E-state index in [4.69, 9.17) is 5.11 Å². The second-order valence-electron chi connectivity index (χ2n) is 4.23. The SMILES string of the molecule is Cc1ccc(-c2ccc(CC(=O)O)cc2)cc1F. The molecule has 92 valence electrons. The zero-order chi connectivity index (χ0) is 13.1. The van der Waals surface area contributed by atoms with Crippen LogP contribution in [0.3, 0.4) is 0 Å². The third-order valence-corrected chi connectivity index (χ3v) is 2.81. The molecule has 0 radical (unpaired) electrons. The molecular formula is C15H13FO2. The van der Waals surface area contributed by atoms with Crippen molar-refractivity contribution < 1.29 is 14.3 Å². The molecule has 0 amide bonds. The van der Waals surface area contributed by atoms with Crippen molar-refractivity contribution in [2.24, 2.45) is 0 Å². The summed E-state index contributed by atoms with van der Waals surface area (Å²) in [6.45, 7) is 1.72. The monoisotopic (exact) mass is 244 g/mol. The first-order valence-corrected chi connectivity index (χ1v) is 5.63. The molecule has 0 aliphatic heterocycles. The van der Waals surface area contributed by atoms with Gasteiger partial charge in [-0.05, 0) is 35.2 Å². The Morgan fingerprint density at radius 1 is 1.11 bits per heavy atom. The molecule has 0 fully saturated rings. The standard InChI is InChI=1S/C15H13FO2/c1-10-2-5-13(9-14(10)16)12-6-3-11(4-7-12)8-15(17)18/h2-7,9H,8H2,1H3,(H,17,18). The van der Waals surface area contributed by atoms with Gasteiger partial charge in [-0.2, -0.15) is 0 Å². The molecule has 2 aromatic carbocycles. The zero-order valence-corrected chi connectivity index (χ0v) is 9.98. The van der Waals surface area contributed by atoms with E-state index >= 15 is 0 Å². The Kier molecular flexibility index (Phi) is 3.42. The van der Waals surface area contributed by atoms with Crippen LogP contribution in [-0.4, -0.2) is 11.1 Å². The number of aliphatic carboxylic acids is 1. The molecule has 0 aliphatic rings. The van der Waals surface area contributed by atoms with Gasteiger partial charge in [-0.1, -0.05) is 36.4 Å². The van der Waals surface area contributed by atoms with Gasteiger partial charge in [0.2, 0.25) is 0 Å². The van der Waals surface area contributed by atoms with Crippen molar-refractivity contribution in [3.8, 4) is 11.1 Å². The first-order chi connectivity index (χ1) is 8.56. The summed E-state index contributed by atoms with van der Waals surface area (Å²) in [5.41, 5.74) is 3.02. The molecule has 2 rings (SSSR count). The number of aryl methyl sites for hydroxylation is 1. The lowest BCUT2D eigenvalue weighted by atomic mass is 10.0. The van der Waals surface area contributed by atoms with Crippen LogP contribution in [0.25, 0.3) is 11.1 Å². The van der Waals surface area contributed by atoms with Gasteiger partial charge in [-0.15, -0.1) is 0 Å². The smallest absolute Gasteiger partial charge is 0.307 e. The summed E-state index contributed by atoms with van der Waals surface area (Å²) in [5, 5.41) is 8.67. The van der Waals surface area contributed by atoms with E-state index in [0.29, 0.717) is 5.56 Å². The third-order valence-electron chi connectivity index (χ3n) is 2.81. The highest BCUT2D eigenvalue weighted by Gasteiger charge is 2.04. The van der Waals surface area contributed by atoms with Crippen molar-refractivity contribution in [1.29, 1.82) is 0 Å². The van der Waals surface area contributed by atoms with Crippen LogP contribution in [0.4, 0.5) is 4.39 Å². The molecule has 0 aliphatic carbocycles. The van der Waals surface area contributed by atoms with Gasteiger partial charge < -0.3 is 5.11 Å². The van der Waals surface area contributed by atoms with E-state index in [2.05, 4.69) is 0 Å². The molecule has 1 N–H and O–H groups in total. The van der Waals surface area contributed by atoms with Crippen LogP contribution in [0.5, 0.6) is 0 Å². The molecule has 0 unspecified atom stereocenters. The van der Waals surface area contributed by atoms with E-state index in [1.807, 2.05) is 18.2 Å². The van der Waals surface area contributed by atoms with Crippen LogP contribution >= 0.6 is 0 Å². The first kappa shape index (κ1) is 12.3. The van der Waals surface area contributed by atoms with Crippen LogP contribution in [0, 0.1) is 12.7 Å². The van der Waals surface area contributed by atoms with Crippen molar-refractivity contribution in [2.45, 2.75) is 13.3 Å². The van der Waals surface area contributed by atoms with E-state index in [-0.39, 0.29) is 12.2 Å². The summed E-state index contributed by atoms with van der Waals surface area (Å²) in [5.74, 6) is -1.09. The predicted octanol–water partition coefficient (Wildman–Crippen LogP) is 3.43. The summed E-state index contributed by atoms with van der Waals surface area (Å²) in [6.07, 6.45) is 0.00252. The Hall–Kier alpha value is -2.16. The summed E-state index contributed by atoms with van der Waals surface area (Å²) in [7, 11) is 0. The molecule has 18 heavy (non-hydrogen) atoms. The lowest BCUT2D eigenvalue weighted by Crippen LogP contribution is -1.99. The molecular weight excluding hydrogens is 231 g/mol. The molecule has 0 aromatic heterocycles. The average molecular weight is 244 g/mol. The van der Waals surface area contributed by atoms with Crippen LogP contribution in [-0.2, 0) is 11.2 Å². The summed E-state index contributed by atoms with van der Waals surface area (Å²) < 4.78 is 13.4. The Morgan fingerprint density at radius 2 is 1.72 bits per heavy atom. The van der Waals surface area contributed by atoms with Crippen molar-refractivity contribution >= 4 is 5.97 Å². The van der Waals surface area contributed by atoms with Crippen LogP contribution in [0.2, 0.25) is 0 Å². The fourth-order valence-corrected chi connectivity index (χ4v) is 1.76. The molecule has 0 saturated carbocycles. The largest absolute Gasteiger partial charge is 0.481 e. The van der Waals surface area contributed by atoms with Gasteiger partial charge >= 0.3 is 5.97 Å². The third kappa shape index (κ3) is 2.74. The van der Waals surface area contributed by atoms with Gasteiger partial charge in [0.25, 0.3) is 0 Å². The first-order valence-electron chi connectivity index (χ1n) is 5.63. The predicted molar refractivity (Wildman–Crippen MR) is 67.9 cm³/mol. The van der Waals surface area contributed by atoms with E-state index in [1.165, 1.54) is 6.07 Å². The highest BCUT2D eigenvalue weighted by Crippen LogP contribution is 2.22. The molecule has 2 nitrogen and oxygen atoms in total. The zero-order valence-electron chi connectivity index (χ0n) is 9.98. The fraction of sp³-hybridized carbons (Fsp3) is 0.133. The maximum absolute atomic E-state index is 13.4. The number of carboxylic acids is 1. The van der Waals surface area contributed by atoms with Gasteiger partial charge in [0.15, 0.2) is 0 Å². The van der Waals surface area contributed by atoms with Crippen molar-refractivity contribution in [2.75, 3.05) is 0 Å². The van der Waals surface area contributed by atoms with E-state index in [0.717, 1.165) is 16.7 Å². The van der Waals surface area contributed by atoms with Crippen LogP contribution in [0.1, 0.15) is 11.1 Å². The number of halogens is 1. The summed E-state index contributed by atoms with van der Waals surface area (Å²) in [4.78, 5) is 10.6. The van der Waals surface area contributed by atoms with Crippen LogP contribution < -0.4 is 0 Å². The molecule has 3 heteroatoms. The number of benzene rings is 2. The highest BCUT2D eigenvalue weighted by molar-refractivity contribution is 5.71. The second-order valence-corrected chi connectivity index (χ2v) is 4.23. The molecule has 0 heterocycles. The topological polar surface area (TPSA) is 37.3 Å². The lowest BCUT2D eigenvalue weighted by molar-refractivity contribution is -0.136. The number of carboxylic acid groups (broad SMARTS) is 1. The van der Waals surface area contributed by atoms with E-state index < -0.39 is 5.97 Å². The van der Waals surface area contributed by atoms with Gasteiger partial charge in [0.05, 0.1) is 6.42 Å². The summed E-state index contributed by atoms with van der Waals surface area (Å²) >= 11 is 0. The maximum Gasteiger partial charge on any atom is 0.307 e. The Morgan fingerprint density at radius 3 is 2.28 bits per heavy atom. The van der Waals surface area contributed by atoms with Crippen molar-refractivity contribution in [3.05, 3.63) is 59.4 Å². The quantitative estimate of drug-likeness (QED) is 0.898. The Bertz CT molecular complexity index is 574. The molecule has 0 spiro atoms. The summed E-state index contributed by atoms with van der Waals surface area (Å²) in [6, 6.07) is 12.2. The lowest BCUT2D eigenvalue weighted by Gasteiger charge is -2.05.